The van der Waals surface area contributed by atoms with Gasteiger partial charge in [-0.15, -0.1) is 0 Å². The second kappa shape index (κ2) is 9.05. The van der Waals surface area contributed by atoms with Crippen molar-refractivity contribution in [1.29, 1.82) is 5.41 Å². The maximum atomic E-state index is 12.5. The van der Waals surface area contributed by atoms with Crippen LogP contribution in [0.3, 0.4) is 0 Å². The lowest BCUT2D eigenvalue weighted by molar-refractivity contribution is -0.627. The van der Waals surface area contributed by atoms with Crippen molar-refractivity contribution in [2.75, 3.05) is 18.4 Å². The number of nitrogens with zero attached hydrogens (tertiary/aromatic N) is 3. The first-order chi connectivity index (χ1) is 13.5. The van der Waals surface area contributed by atoms with Gasteiger partial charge in [0, 0.05) is 61.6 Å². The third-order valence-electron chi connectivity index (χ3n) is 4.23. The summed E-state index contributed by atoms with van der Waals surface area (Å²) >= 11 is 0. The molecular formula is C19H23N6O3+. The number of allylic oxidation sites excluding steroid dienone is 1. The van der Waals surface area contributed by atoms with Gasteiger partial charge in [0.05, 0.1) is 6.54 Å². The highest BCUT2D eigenvalue weighted by Crippen LogP contribution is 2.21. The number of hydrogen-bond donors (Lipinski definition) is 3. The van der Waals surface area contributed by atoms with Crippen molar-refractivity contribution < 1.29 is 19.4 Å². The van der Waals surface area contributed by atoms with Crippen LogP contribution < -0.4 is 10.6 Å². The Hall–Kier alpha value is -3.33. The summed E-state index contributed by atoms with van der Waals surface area (Å²) in [4.78, 5) is 30.3. The molecule has 0 atom stereocenters. The fraction of sp³-hybridized carbons (Fsp3) is 0.316. The van der Waals surface area contributed by atoms with E-state index in [1.165, 1.54) is 0 Å². The molecule has 0 saturated carbocycles. The van der Waals surface area contributed by atoms with Crippen LogP contribution in [0.1, 0.15) is 26.2 Å². The molecule has 0 aliphatic carbocycles. The zero-order valence-corrected chi connectivity index (χ0v) is 15.6. The van der Waals surface area contributed by atoms with Gasteiger partial charge in [0.1, 0.15) is 5.69 Å². The van der Waals surface area contributed by atoms with Crippen LogP contribution in [0.5, 0.6) is 0 Å². The van der Waals surface area contributed by atoms with Gasteiger partial charge in [-0.3, -0.25) is 30.1 Å². The average Bonchev–Trinajstić information content (AvgIpc) is 3.15. The van der Waals surface area contributed by atoms with Crippen molar-refractivity contribution in [3.05, 3.63) is 42.5 Å². The first kappa shape index (κ1) is 19.4. The zero-order valence-electron chi connectivity index (χ0n) is 15.6. The molecule has 0 spiro atoms. The molecule has 1 fully saturated rings. The van der Waals surface area contributed by atoms with Crippen LogP contribution in [0.4, 0.5) is 5.88 Å². The Bertz CT molecular complexity index is 890. The van der Waals surface area contributed by atoms with Gasteiger partial charge in [0.25, 0.3) is 0 Å². The van der Waals surface area contributed by atoms with E-state index in [2.05, 4.69) is 15.5 Å². The number of anilines is 1. The third kappa shape index (κ3) is 5.10. The molecule has 146 valence electrons. The van der Waals surface area contributed by atoms with Gasteiger partial charge in [-0.25, -0.2) is 0 Å². The first-order valence-electron chi connectivity index (χ1n) is 9.10. The van der Waals surface area contributed by atoms with E-state index in [-0.39, 0.29) is 30.5 Å². The Balaban J connectivity index is 1.53. The quantitative estimate of drug-likeness (QED) is 0.644. The molecule has 0 unspecified atom stereocenters. The summed E-state index contributed by atoms with van der Waals surface area (Å²) in [5.74, 6) is 0.520. The SMILES string of the molecule is CC(=N)C=C1[NH2+]CCCN1C(=O)CCC(=O)Nc1cc(-c2ccncc2)no1. The van der Waals surface area contributed by atoms with Gasteiger partial charge >= 0.3 is 0 Å². The normalized spacial score (nSPS) is 15.5. The number of carbonyl (C=O) groups is 2. The number of pyridine rings is 1. The molecule has 4 N–H and O–H groups in total. The molecule has 1 aliphatic heterocycles. The lowest BCUT2D eigenvalue weighted by atomic mass is 10.2. The molecule has 1 aliphatic rings. The second-order valence-electron chi connectivity index (χ2n) is 6.50. The largest absolute Gasteiger partial charge is 0.338 e. The molecule has 0 aromatic carbocycles. The van der Waals surface area contributed by atoms with Crippen LogP contribution in [0.25, 0.3) is 11.3 Å². The van der Waals surface area contributed by atoms with Gasteiger partial charge in [0.2, 0.25) is 23.5 Å². The lowest BCUT2D eigenvalue weighted by Gasteiger charge is -2.26. The summed E-state index contributed by atoms with van der Waals surface area (Å²) in [7, 11) is 0. The Kier molecular flexibility index (Phi) is 6.28. The molecule has 3 rings (SSSR count). The highest BCUT2D eigenvalue weighted by molar-refractivity contribution is 5.93. The maximum Gasteiger partial charge on any atom is 0.231 e. The lowest BCUT2D eigenvalue weighted by Crippen LogP contribution is -2.87. The van der Waals surface area contributed by atoms with Crippen molar-refractivity contribution in [3.63, 3.8) is 0 Å². The number of amides is 2. The predicted octanol–water partition coefficient (Wildman–Crippen LogP) is 1.13. The summed E-state index contributed by atoms with van der Waals surface area (Å²) in [6, 6.07) is 5.21. The number of nitrogens with one attached hydrogen (secondary N) is 2. The Morgan fingerprint density at radius 2 is 2.14 bits per heavy atom. The van der Waals surface area contributed by atoms with Crippen LogP contribution in [-0.4, -0.2) is 45.7 Å². The minimum Gasteiger partial charge on any atom is -0.338 e. The molecule has 2 aromatic heterocycles. The molecule has 2 amide bonds. The molecule has 2 aromatic rings. The Morgan fingerprint density at radius 1 is 1.36 bits per heavy atom. The Morgan fingerprint density at radius 3 is 2.89 bits per heavy atom. The van der Waals surface area contributed by atoms with E-state index in [0.29, 0.717) is 18.0 Å². The minimum atomic E-state index is -0.319. The maximum absolute atomic E-state index is 12.5. The standard InChI is InChI=1S/C19H22N6O3/c1-13(20)11-16-22-7-2-10-25(16)19(27)4-3-17(26)23-18-12-15(24-28-18)14-5-8-21-9-6-14/h5-6,8-9,11-12,20,22H,2-4,7,10H2,1H3,(H,23,26)/p+1. The summed E-state index contributed by atoms with van der Waals surface area (Å²) < 4.78 is 5.14. The molecule has 3 heterocycles. The number of nitrogens with two attached hydrogens (primary N) is 1. The van der Waals surface area contributed by atoms with Crippen molar-refractivity contribution in [1.82, 2.24) is 15.0 Å². The monoisotopic (exact) mass is 383 g/mol. The van der Waals surface area contributed by atoms with E-state index < -0.39 is 0 Å². The number of carbonyl (C=O) groups excluding carboxylic acids is 2. The molecular weight excluding hydrogens is 360 g/mol. The smallest absolute Gasteiger partial charge is 0.231 e. The fourth-order valence-corrected chi connectivity index (χ4v) is 2.91. The number of hydrogen-bond acceptors (Lipinski definition) is 6. The third-order valence-corrected chi connectivity index (χ3v) is 4.23. The number of quaternary nitrogens is 1. The molecule has 9 heteroatoms. The zero-order chi connectivity index (χ0) is 19.9. The second-order valence-corrected chi connectivity index (χ2v) is 6.50. The van der Waals surface area contributed by atoms with Crippen LogP contribution in [0.15, 0.2) is 47.0 Å². The molecule has 0 radical (unpaired) electrons. The summed E-state index contributed by atoms with van der Waals surface area (Å²) in [6.45, 7) is 3.16. The van der Waals surface area contributed by atoms with E-state index in [1.807, 2.05) is 5.32 Å². The van der Waals surface area contributed by atoms with Crippen molar-refractivity contribution >= 4 is 23.4 Å². The highest BCUT2D eigenvalue weighted by Gasteiger charge is 2.25. The van der Waals surface area contributed by atoms with E-state index in [4.69, 9.17) is 9.93 Å². The first-order valence-corrected chi connectivity index (χ1v) is 9.10. The molecule has 28 heavy (non-hydrogen) atoms. The van der Waals surface area contributed by atoms with E-state index >= 15 is 0 Å². The summed E-state index contributed by atoms with van der Waals surface area (Å²) in [5, 5.41) is 16.1. The number of rotatable bonds is 6. The van der Waals surface area contributed by atoms with Gasteiger partial charge in [-0.2, -0.15) is 0 Å². The average molecular weight is 383 g/mol. The van der Waals surface area contributed by atoms with Crippen molar-refractivity contribution in [2.45, 2.75) is 26.2 Å². The fourth-order valence-electron chi connectivity index (χ4n) is 2.91. The molecule has 0 bridgehead atoms. The van der Waals surface area contributed by atoms with Gasteiger partial charge < -0.3 is 9.93 Å². The minimum absolute atomic E-state index is 0.0392. The molecule has 9 nitrogen and oxygen atoms in total. The van der Waals surface area contributed by atoms with Crippen LogP contribution in [-0.2, 0) is 9.59 Å². The molecule has 1 saturated heterocycles. The van der Waals surface area contributed by atoms with Crippen molar-refractivity contribution in [2.24, 2.45) is 0 Å². The summed E-state index contributed by atoms with van der Waals surface area (Å²) in [6.07, 6.45) is 5.97. The van der Waals surface area contributed by atoms with E-state index in [9.17, 15) is 9.59 Å². The summed E-state index contributed by atoms with van der Waals surface area (Å²) in [5.41, 5.74) is 1.81. The highest BCUT2D eigenvalue weighted by atomic mass is 16.5. The van der Waals surface area contributed by atoms with Crippen LogP contribution in [0, 0.1) is 5.41 Å². The van der Waals surface area contributed by atoms with E-state index in [0.717, 1.165) is 24.4 Å². The van der Waals surface area contributed by atoms with Gasteiger partial charge in [-0.1, -0.05) is 5.16 Å². The van der Waals surface area contributed by atoms with Crippen LogP contribution in [0.2, 0.25) is 0 Å². The van der Waals surface area contributed by atoms with Crippen LogP contribution >= 0.6 is 0 Å². The van der Waals surface area contributed by atoms with Crippen molar-refractivity contribution in [3.8, 4) is 11.3 Å². The predicted molar refractivity (Wildman–Crippen MR) is 102 cm³/mol. The Labute approximate surface area is 162 Å². The number of aromatic nitrogens is 2. The van der Waals surface area contributed by atoms with E-state index in [1.54, 1.807) is 48.5 Å². The van der Waals surface area contributed by atoms with Gasteiger partial charge in [0.15, 0.2) is 0 Å². The topological polar surface area (TPSA) is 129 Å². The van der Waals surface area contributed by atoms with Gasteiger partial charge in [-0.05, 0) is 19.1 Å².